The van der Waals surface area contributed by atoms with Crippen LogP contribution in [-0.2, 0) is 4.74 Å². The Balaban J connectivity index is 1.92. The van der Waals surface area contributed by atoms with Crippen molar-refractivity contribution >= 4 is 16.7 Å². The second-order valence-electron chi connectivity index (χ2n) is 5.30. The average molecular weight is 291 g/mol. The fourth-order valence-electron chi connectivity index (χ4n) is 2.55. The predicted octanol–water partition coefficient (Wildman–Crippen LogP) is 4.46. The molecule has 0 aliphatic carbocycles. The molecule has 0 spiro atoms. The molecule has 22 heavy (non-hydrogen) atoms. The zero-order chi connectivity index (χ0) is 15.5. The standard InChI is InChI=1S/C19H17NO2/c1-13-7-8-18(17-6-4-3-5-16(13)17)19(21)22-14(2)15-9-11-20-12-10-15/h3-12,14H,1-2H3/t14-/m1/s1. The monoisotopic (exact) mass is 291 g/mol. The average Bonchev–Trinajstić information content (AvgIpc) is 2.56. The first kappa shape index (κ1) is 14.3. The van der Waals surface area contributed by atoms with E-state index >= 15 is 0 Å². The Morgan fingerprint density at radius 3 is 2.41 bits per heavy atom. The van der Waals surface area contributed by atoms with Gasteiger partial charge >= 0.3 is 5.97 Å². The molecule has 0 N–H and O–H groups in total. The molecule has 1 aromatic heterocycles. The van der Waals surface area contributed by atoms with Gasteiger partial charge in [-0.3, -0.25) is 4.98 Å². The molecule has 0 fully saturated rings. The number of benzene rings is 2. The molecule has 0 saturated heterocycles. The fourth-order valence-corrected chi connectivity index (χ4v) is 2.55. The number of rotatable bonds is 3. The lowest BCUT2D eigenvalue weighted by Gasteiger charge is -2.15. The molecule has 0 saturated carbocycles. The van der Waals surface area contributed by atoms with Gasteiger partial charge in [0.05, 0.1) is 5.56 Å². The molecule has 0 bridgehead atoms. The van der Waals surface area contributed by atoms with Crippen LogP contribution in [0.25, 0.3) is 10.8 Å². The van der Waals surface area contributed by atoms with Gasteiger partial charge in [0.2, 0.25) is 0 Å². The predicted molar refractivity (Wildman–Crippen MR) is 86.8 cm³/mol. The minimum absolute atomic E-state index is 0.305. The summed E-state index contributed by atoms with van der Waals surface area (Å²) in [5, 5.41) is 2.00. The highest BCUT2D eigenvalue weighted by atomic mass is 16.5. The molecule has 0 amide bonds. The summed E-state index contributed by atoms with van der Waals surface area (Å²) in [4.78, 5) is 16.5. The number of nitrogens with zero attached hydrogens (tertiary/aromatic N) is 1. The number of aryl methyl sites for hydroxylation is 1. The Kier molecular flexibility index (Phi) is 3.88. The molecule has 110 valence electrons. The zero-order valence-electron chi connectivity index (χ0n) is 12.6. The number of carbonyl (C=O) groups excluding carboxylic acids is 1. The van der Waals surface area contributed by atoms with Crippen molar-refractivity contribution in [2.24, 2.45) is 0 Å². The number of pyridine rings is 1. The molecular formula is C19H17NO2. The van der Waals surface area contributed by atoms with Crippen molar-refractivity contribution in [1.29, 1.82) is 0 Å². The summed E-state index contributed by atoms with van der Waals surface area (Å²) in [6, 6.07) is 15.4. The van der Waals surface area contributed by atoms with Crippen molar-refractivity contribution in [3.63, 3.8) is 0 Å². The quantitative estimate of drug-likeness (QED) is 0.669. The van der Waals surface area contributed by atoms with Crippen molar-refractivity contribution in [1.82, 2.24) is 4.98 Å². The Hall–Kier alpha value is -2.68. The molecule has 0 aliphatic rings. The van der Waals surface area contributed by atoms with E-state index in [4.69, 9.17) is 4.74 Å². The van der Waals surface area contributed by atoms with E-state index in [0.717, 1.165) is 21.9 Å². The molecular weight excluding hydrogens is 274 g/mol. The molecule has 1 heterocycles. The highest BCUT2D eigenvalue weighted by Crippen LogP contribution is 2.25. The molecule has 0 aliphatic heterocycles. The third-order valence-corrected chi connectivity index (χ3v) is 3.82. The summed E-state index contributed by atoms with van der Waals surface area (Å²) in [5.74, 6) is -0.305. The summed E-state index contributed by atoms with van der Waals surface area (Å²) in [5.41, 5.74) is 2.68. The number of esters is 1. The van der Waals surface area contributed by atoms with Crippen molar-refractivity contribution in [2.75, 3.05) is 0 Å². The van der Waals surface area contributed by atoms with Gasteiger partial charge in [-0.2, -0.15) is 0 Å². The number of hydrogen-bond donors (Lipinski definition) is 0. The van der Waals surface area contributed by atoms with Crippen molar-refractivity contribution in [3.8, 4) is 0 Å². The number of ether oxygens (including phenoxy) is 1. The lowest BCUT2D eigenvalue weighted by atomic mass is 10.0. The normalized spacial score (nSPS) is 12.1. The maximum absolute atomic E-state index is 12.5. The summed E-state index contributed by atoms with van der Waals surface area (Å²) in [6.45, 7) is 3.90. The summed E-state index contributed by atoms with van der Waals surface area (Å²) in [7, 11) is 0. The summed E-state index contributed by atoms with van der Waals surface area (Å²) >= 11 is 0. The second kappa shape index (κ2) is 5.98. The van der Waals surface area contributed by atoms with Gasteiger partial charge in [0.25, 0.3) is 0 Å². The fraction of sp³-hybridized carbons (Fsp3) is 0.158. The minimum atomic E-state index is -0.310. The molecule has 3 heteroatoms. The third-order valence-electron chi connectivity index (χ3n) is 3.82. The van der Waals surface area contributed by atoms with Gasteiger partial charge in [0, 0.05) is 12.4 Å². The van der Waals surface area contributed by atoms with Gasteiger partial charge in [-0.25, -0.2) is 4.79 Å². The highest BCUT2D eigenvalue weighted by Gasteiger charge is 2.16. The SMILES string of the molecule is Cc1ccc(C(=O)O[C@H](C)c2ccncc2)c2ccccc12. The molecule has 2 aromatic carbocycles. The largest absolute Gasteiger partial charge is 0.454 e. The van der Waals surface area contributed by atoms with Crippen LogP contribution in [0.3, 0.4) is 0 Å². The van der Waals surface area contributed by atoms with Gasteiger partial charge in [0.15, 0.2) is 0 Å². The second-order valence-corrected chi connectivity index (χ2v) is 5.30. The van der Waals surface area contributed by atoms with Crippen LogP contribution >= 0.6 is 0 Å². The van der Waals surface area contributed by atoms with Crippen LogP contribution in [-0.4, -0.2) is 11.0 Å². The molecule has 3 aromatic rings. The molecule has 0 unspecified atom stereocenters. The topological polar surface area (TPSA) is 39.2 Å². The molecule has 3 rings (SSSR count). The Labute approximate surface area is 129 Å². The van der Waals surface area contributed by atoms with E-state index in [-0.39, 0.29) is 12.1 Å². The molecule has 3 nitrogen and oxygen atoms in total. The van der Waals surface area contributed by atoms with Gasteiger partial charge < -0.3 is 4.74 Å². The molecule has 1 atom stereocenters. The van der Waals surface area contributed by atoms with Crippen molar-refractivity contribution in [2.45, 2.75) is 20.0 Å². The first-order valence-corrected chi connectivity index (χ1v) is 7.26. The van der Waals surface area contributed by atoms with E-state index in [1.807, 2.05) is 62.4 Å². The number of carbonyl (C=O) groups is 1. The Morgan fingerprint density at radius 1 is 1.00 bits per heavy atom. The van der Waals surface area contributed by atoms with E-state index < -0.39 is 0 Å². The smallest absolute Gasteiger partial charge is 0.339 e. The first-order valence-electron chi connectivity index (χ1n) is 7.26. The van der Waals surface area contributed by atoms with E-state index in [1.54, 1.807) is 12.4 Å². The van der Waals surface area contributed by atoms with E-state index in [1.165, 1.54) is 0 Å². The molecule has 0 radical (unpaired) electrons. The zero-order valence-corrected chi connectivity index (χ0v) is 12.6. The first-order chi connectivity index (χ1) is 10.7. The van der Waals surface area contributed by atoms with Crippen molar-refractivity contribution < 1.29 is 9.53 Å². The minimum Gasteiger partial charge on any atom is -0.454 e. The van der Waals surface area contributed by atoms with Gasteiger partial charge in [0.1, 0.15) is 6.10 Å². The lowest BCUT2D eigenvalue weighted by molar-refractivity contribution is 0.0340. The van der Waals surface area contributed by atoms with Crippen molar-refractivity contribution in [3.05, 3.63) is 77.6 Å². The maximum Gasteiger partial charge on any atom is 0.339 e. The maximum atomic E-state index is 12.5. The van der Waals surface area contributed by atoms with Gasteiger partial charge in [-0.1, -0.05) is 30.3 Å². The van der Waals surface area contributed by atoms with E-state index in [9.17, 15) is 4.79 Å². The van der Waals surface area contributed by atoms with Crippen LogP contribution in [0.2, 0.25) is 0 Å². The summed E-state index contributed by atoms with van der Waals surface area (Å²) in [6.07, 6.45) is 3.08. The van der Waals surface area contributed by atoms with Crippen LogP contribution in [0.15, 0.2) is 60.9 Å². The Morgan fingerprint density at radius 2 is 1.68 bits per heavy atom. The third kappa shape index (κ3) is 2.70. The number of aromatic nitrogens is 1. The van der Waals surface area contributed by atoms with Crippen LogP contribution in [0, 0.1) is 6.92 Å². The van der Waals surface area contributed by atoms with E-state index in [2.05, 4.69) is 4.98 Å². The van der Waals surface area contributed by atoms with E-state index in [0.29, 0.717) is 5.56 Å². The Bertz CT molecular complexity index is 812. The van der Waals surface area contributed by atoms with Crippen LogP contribution in [0.4, 0.5) is 0 Å². The summed E-state index contributed by atoms with van der Waals surface area (Å²) < 4.78 is 5.60. The van der Waals surface area contributed by atoms with Crippen LogP contribution in [0.1, 0.15) is 34.5 Å². The lowest BCUT2D eigenvalue weighted by Crippen LogP contribution is -2.10. The van der Waals surface area contributed by atoms with Crippen LogP contribution < -0.4 is 0 Å². The van der Waals surface area contributed by atoms with Gasteiger partial charge in [-0.05, 0) is 53.9 Å². The van der Waals surface area contributed by atoms with Gasteiger partial charge in [-0.15, -0.1) is 0 Å². The number of fused-ring (bicyclic) bond motifs is 1. The number of hydrogen-bond acceptors (Lipinski definition) is 3. The van der Waals surface area contributed by atoms with Crippen LogP contribution in [0.5, 0.6) is 0 Å². The highest BCUT2D eigenvalue weighted by molar-refractivity contribution is 6.05.